The molecule has 104 valence electrons. The van der Waals surface area contributed by atoms with Gasteiger partial charge in [0, 0.05) is 12.1 Å². The topological polar surface area (TPSA) is 72.6 Å². The molecule has 2 aromatic rings. The van der Waals surface area contributed by atoms with Crippen molar-refractivity contribution in [2.24, 2.45) is 0 Å². The number of ether oxygens (including phenoxy) is 1. The average Bonchev–Trinajstić information content (AvgIpc) is 2.37. The minimum atomic E-state index is -1.44. The lowest BCUT2D eigenvalue weighted by molar-refractivity contribution is 0.0692. The second kappa shape index (κ2) is 5.46. The molecular formula is C13H8BrF2NO3. The third kappa shape index (κ3) is 2.88. The number of anilines is 1. The van der Waals surface area contributed by atoms with Crippen LogP contribution in [0.15, 0.2) is 34.8 Å². The van der Waals surface area contributed by atoms with E-state index in [0.717, 1.165) is 18.2 Å². The van der Waals surface area contributed by atoms with Crippen molar-refractivity contribution in [3.8, 4) is 11.5 Å². The van der Waals surface area contributed by atoms with Crippen molar-refractivity contribution in [3.63, 3.8) is 0 Å². The molecule has 0 aromatic heterocycles. The van der Waals surface area contributed by atoms with Crippen LogP contribution in [-0.2, 0) is 0 Å². The largest absolute Gasteiger partial charge is 0.478 e. The number of hydrogen-bond acceptors (Lipinski definition) is 3. The fourth-order valence-electron chi connectivity index (χ4n) is 1.50. The molecular weight excluding hydrogens is 336 g/mol. The Morgan fingerprint density at radius 3 is 2.55 bits per heavy atom. The standard InChI is InChI=1S/C13H8BrF2NO3/c14-8-2-1-6(15)3-11(8)20-12-5-9(16)7(13(18)19)4-10(12)17/h1-5H,17H2,(H,18,19). The number of nitrogen functional groups attached to an aromatic ring is 1. The van der Waals surface area contributed by atoms with Gasteiger partial charge in [-0.25, -0.2) is 13.6 Å². The van der Waals surface area contributed by atoms with E-state index in [1.54, 1.807) is 0 Å². The van der Waals surface area contributed by atoms with E-state index < -0.39 is 23.2 Å². The summed E-state index contributed by atoms with van der Waals surface area (Å²) in [6.45, 7) is 0. The smallest absolute Gasteiger partial charge is 0.338 e. The molecule has 0 atom stereocenters. The lowest BCUT2D eigenvalue weighted by atomic mass is 10.1. The fourth-order valence-corrected chi connectivity index (χ4v) is 1.83. The number of halogens is 3. The van der Waals surface area contributed by atoms with E-state index in [9.17, 15) is 13.6 Å². The summed E-state index contributed by atoms with van der Waals surface area (Å²) in [7, 11) is 0. The summed E-state index contributed by atoms with van der Waals surface area (Å²) in [5.41, 5.74) is 4.97. The Hall–Kier alpha value is -2.15. The lowest BCUT2D eigenvalue weighted by Gasteiger charge is -2.11. The third-order valence-corrected chi connectivity index (χ3v) is 3.10. The number of carboxylic acids is 1. The Kier molecular flexibility index (Phi) is 3.89. The molecule has 0 fully saturated rings. The molecule has 0 saturated heterocycles. The zero-order valence-corrected chi connectivity index (χ0v) is 11.4. The van der Waals surface area contributed by atoms with Gasteiger partial charge in [0.15, 0.2) is 5.75 Å². The van der Waals surface area contributed by atoms with Crippen molar-refractivity contribution in [2.45, 2.75) is 0 Å². The highest BCUT2D eigenvalue weighted by Gasteiger charge is 2.15. The van der Waals surface area contributed by atoms with E-state index in [1.807, 2.05) is 0 Å². The van der Waals surface area contributed by atoms with Gasteiger partial charge < -0.3 is 15.6 Å². The summed E-state index contributed by atoms with van der Waals surface area (Å²) in [4.78, 5) is 10.7. The number of carboxylic acid groups (broad SMARTS) is 1. The lowest BCUT2D eigenvalue weighted by Crippen LogP contribution is -2.03. The van der Waals surface area contributed by atoms with E-state index >= 15 is 0 Å². The molecule has 4 nitrogen and oxygen atoms in total. The minimum absolute atomic E-state index is 0.0695. The summed E-state index contributed by atoms with van der Waals surface area (Å²) in [6.07, 6.45) is 0. The molecule has 0 saturated carbocycles. The molecule has 3 N–H and O–H groups in total. The first-order valence-corrected chi connectivity index (χ1v) is 6.13. The summed E-state index contributed by atoms with van der Waals surface area (Å²) < 4.78 is 32.4. The average molecular weight is 344 g/mol. The second-order valence-electron chi connectivity index (χ2n) is 3.85. The van der Waals surface area contributed by atoms with Crippen LogP contribution in [0.4, 0.5) is 14.5 Å². The molecule has 0 amide bonds. The Morgan fingerprint density at radius 1 is 1.20 bits per heavy atom. The number of benzene rings is 2. The molecule has 0 heterocycles. The van der Waals surface area contributed by atoms with Gasteiger partial charge in [0.2, 0.25) is 0 Å². The number of rotatable bonds is 3. The SMILES string of the molecule is Nc1cc(C(=O)O)c(F)cc1Oc1cc(F)ccc1Br. The van der Waals surface area contributed by atoms with Crippen LogP contribution >= 0.6 is 15.9 Å². The Balaban J connectivity index is 2.42. The van der Waals surface area contributed by atoms with E-state index in [-0.39, 0.29) is 17.2 Å². The van der Waals surface area contributed by atoms with Gasteiger partial charge in [-0.2, -0.15) is 0 Å². The first-order valence-electron chi connectivity index (χ1n) is 5.33. The van der Waals surface area contributed by atoms with Crippen LogP contribution in [0.5, 0.6) is 11.5 Å². The predicted octanol–water partition coefficient (Wildman–Crippen LogP) is 3.80. The summed E-state index contributed by atoms with van der Waals surface area (Å²) in [5, 5.41) is 8.76. The van der Waals surface area contributed by atoms with Crippen LogP contribution < -0.4 is 10.5 Å². The van der Waals surface area contributed by atoms with Gasteiger partial charge in [-0.05, 0) is 34.1 Å². The van der Waals surface area contributed by atoms with Crippen molar-refractivity contribution in [1.29, 1.82) is 0 Å². The highest BCUT2D eigenvalue weighted by atomic mass is 79.9. The van der Waals surface area contributed by atoms with Gasteiger partial charge in [-0.15, -0.1) is 0 Å². The van der Waals surface area contributed by atoms with Crippen molar-refractivity contribution in [2.75, 3.05) is 5.73 Å². The second-order valence-corrected chi connectivity index (χ2v) is 4.71. The first-order chi connectivity index (χ1) is 9.38. The first kappa shape index (κ1) is 14.3. The number of carbonyl (C=O) groups is 1. The predicted molar refractivity (Wildman–Crippen MR) is 71.9 cm³/mol. The molecule has 2 aromatic carbocycles. The van der Waals surface area contributed by atoms with Crippen LogP contribution in [0.1, 0.15) is 10.4 Å². The molecule has 0 radical (unpaired) electrons. The maximum absolute atomic E-state index is 13.6. The molecule has 2 rings (SSSR count). The summed E-state index contributed by atoms with van der Waals surface area (Å²) in [6, 6.07) is 5.51. The highest BCUT2D eigenvalue weighted by Crippen LogP contribution is 2.34. The maximum atomic E-state index is 13.6. The Labute approximate surface area is 120 Å². The van der Waals surface area contributed by atoms with Gasteiger partial charge in [-0.1, -0.05) is 0 Å². The highest BCUT2D eigenvalue weighted by molar-refractivity contribution is 9.10. The number of nitrogens with two attached hydrogens (primary N) is 1. The van der Waals surface area contributed by atoms with Crippen molar-refractivity contribution >= 4 is 27.6 Å². The normalized spacial score (nSPS) is 10.3. The monoisotopic (exact) mass is 343 g/mol. The molecule has 0 unspecified atom stereocenters. The van der Waals surface area contributed by atoms with E-state index in [2.05, 4.69) is 15.9 Å². The molecule has 7 heteroatoms. The van der Waals surface area contributed by atoms with Gasteiger partial charge in [0.1, 0.15) is 17.4 Å². The van der Waals surface area contributed by atoms with E-state index in [0.29, 0.717) is 4.47 Å². The van der Waals surface area contributed by atoms with E-state index in [1.165, 1.54) is 12.1 Å². The van der Waals surface area contributed by atoms with Crippen molar-refractivity contribution in [3.05, 3.63) is 52.0 Å². The zero-order chi connectivity index (χ0) is 14.9. The quantitative estimate of drug-likeness (QED) is 0.831. The maximum Gasteiger partial charge on any atom is 0.338 e. The number of aromatic carboxylic acids is 1. The third-order valence-electron chi connectivity index (χ3n) is 2.44. The zero-order valence-electron chi connectivity index (χ0n) is 9.86. The summed E-state index contributed by atoms with van der Waals surface area (Å²) in [5.74, 6) is -2.97. The van der Waals surface area contributed by atoms with Crippen LogP contribution in [0, 0.1) is 11.6 Å². The minimum Gasteiger partial charge on any atom is -0.478 e. The van der Waals surface area contributed by atoms with Crippen LogP contribution in [-0.4, -0.2) is 11.1 Å². The fraction of sp³-hybridized carbons (Fsp3) is 0. The molecule has 0 aliphatic heterocycles. The van der Waals surface area contributed by atoms with E-state index in [4.69, 9.17) is 15.6 Å². The van der Waals surface area contributed by atoms with Crippen molar-refractivity contribution < 1.29 is 23.4 Å². The van der Waals surface area contributed by atoms with Crippen LogP contribution in [0.25, 0.3) is 0 Å². The number of hydrogen-bond donors (Lipinski definition) is 2. The summed E-state index contributed by atoms with van der Waals surface area (Å²) >= 11 is 3.15. The molecule has 0 bridgehead atoms. The molecule has 0 spiro atoms. The van der Waals surface area contributed by atoms with Crippen LogP contribution in [0.2, 0.25) is 0 Å². The molecule has 20 heavy (non-hydrogen) atoms. The Morgan fingerprint density at radius 2 is 1.90 bits per heavy atom. The van der Waals surface area contributed by atoms with Gasteiger partial charge >= 0.3 is 5.97 Å². The van der Waals surface area contributed by atoms with Gasteiger partial charge in [-0.3, -0.25) is 0 Å². The molecule has 0 aliphatic rings. The van der Waals surface area contributed by atoms with Crippen LogP contribution in [0.3, 0.4) is 0 Å². The van der Waals surface area contributed by atoms with Gasteiger partial charge in [0.25, 0.3) is 0 Å². The molecule has 0 aliphatic carbocycles. The van der Waals surface area contributed by atoms with Crippen molar-refractivity contribution in [1.82, 2.24) is 0 Å². The Bertz CT molecular complexity index is 692. The van der Waals surface area contributed by atoms with Gasteiger partial charge in [0.05, 0.1) is 15.7 Å².